The van der Waals surface area contributed by atoms with E-state index < -0.39 is 5.97 Å². The Morgan fingerprint density at radius 2 is 2.20 bits per heavy atom. The highest BCUT2D eigenvalue weighted by Gasteiger charge is 2.16. The molecule has 4 aromatic rings. The van der Waals surface area contributed by atoms with Crippen LogP contribution in [0.2, 0.25) is 0 Å². The Morgan fingerprint density at radius 1 is 1.32 bits per heavy atom. The van der Waals surface area contributed by atoms with E-state index in [0.717, 1.165) is 37.9 Å². The maximum Gasteiger partial charge on any atom is 0.303 e. The lowest BCUT2D eigenvalue weighted by molar-refractivity contribution is -0.136. The molecule has 0 spiro atoms. The van der Waals surface area contributed by atoms with E-state index in [2.05, 4.69) is 16.5 Å². The molecule has 0 saturated carbocycles. The van der Waals surface area contributed by atoms with E-state index in [1.807, 2.05) is 41.3 Å². The summed E-state index contributed by atoms with van der Waals surface area (Å²) in [6.07, 6.45) is 0.475. The Morgan fingerprint density at radius 3 is 2.92 bits per heavy atom. The lowest BCUT2D eigenvalue weighted by Crippen LogP contribution is -2.01. The number of rotatable bonds is 5. The van der Waals surface area contributed by atoms with Crippen LogP contribution in [0, 0.1) is 6.92 Å². The molecule has 126 valence electrons. The van der Waals surface area contributed by atoms with Gasteiger partial charge in [0.2, 0.25) is 5.13 Å². The molecule has 0 bridgehead atoms. The first-order valence-electron chi connectivity index (χ1n) is 7.81. The number of thiophene rings is 1. The van der Waals surface area contributed by atoms with E-state index >= 15 is 0 Å². The standard InChI is InChI=1S/C18H15N3O2S2/c1-11-3-2-4-15-17(11)19-18(25-15)21-14(12-7-8-24-10-12)9-13(20-21)5-6-16(22)23/h2-4,7-10H,5-6H2,1H3,(H,22,23). The minimum absolute atomic E-state index is 0.0685. The average molecular weight is 369 g/mol. The number of aryl methyl sites for hydroxylation is 2. The lowest BCUT2D eigenvalue weighted by Gasteiger charge is -2.01. The molecular weight excluding hydrogens is 354 g/mol. The van der Waals surface area contributed by atoms with Gasteiger partial charge in [-0.05, 0) is 36.1 Å². The first kappa shape index (κ1) is 16.0. The summed E-state index contributed by atoms with van der Waals surface area (Å²) in [6.45, 7) is 2.05. The molecule has 1 aromatic carbocycles. The summed E-state index contributed by atoms with van der Waals surface area (Å²) >= 11 is 3.21. The molecule has 4 rings (SSSR count). The number of nitrogens with zero attached hydrogens (tertiary/aromatic N) is 3. The predicted molar refractivity (Wildman–Crippen MR) is 101 cm³/mol. The van der Waals surface area contributed by atoms with Crippen LogP contribution in [-0.4, -0.2) is 25.8 Å². The number of aromatic nitrogens is 3. The van der Waals surface area contributed by atoms with Crippen molar-refractivity contribution >= 4 is 38.9 Å². The van der Waals surface area contributed by atoms with Crippen LogP contribution in [0.4, 0.5) is 0 Å². The number of hydrogen-bond donors (Lipinski definition) is 1. The van der Waals surface area contributed by atoms with Crippen molar-refractivity contribution in [2.45, 2.75) is 19.8 Å². The average Bonchev–Trinajstić information content (AvgIpc) is 3.31. The van der Waals surface area contributed by atoms with Gasteiger partial charge in [0.15, 0.2) is 0 Å². The van der Waals surface area contributed by atoms with Gasteiger partial charge in [-0.2, -0.15) is 16.4 Å². The second kappa shape index (κ2) is 6.42. The van der Waals surface area contributed by atoms with Gasteiger partial charge in [-0.25, -0.2) is 9.67 Å². The molecule has 3 aromatic heterocycles. The van der Waals surface area contributed by atoms with E-state index in [1.165, 1.54) is 0 Å². The Balaban J connectivity index is 1.83. The first-order valence-corrected chi connectivity index (χ1v) is 9.57. The van der Waals surface area contributed by atoms with Crippen LogP contribution in [0.1, 0.15) is 17.7 Å². The number of aliphatic carboxylic acids is 1. The quantitative estimate of drug-likeness (QED) is 0.561. The van der Waals surface area contributed by atoms with Crippen LogP contribution in [0.15, 0.2) is 41.1 Å². The second-order valence-corrected chi connectivity index (χ2v) is 7.55. The molecule has 3 heterocycles. The first-order chi connectivity index (χ1) is 12.1. The minimum Gasteiger partial charge on any atom is -0.481 e. The maximum absolute atomic E-state index is 10.9. The Labute approximate surface area is 152 Å². The zero-order valence-electron chi connectivity index (χ0n) is 13.5. The van der Waals surface area contributed by atoms with E-state index in [4.69, 9.17) is 10.1 Å². The van der Waals surface area contributed by atoms with E-state index in [-0.39, 0.29) is 6.42 Å². The number of benzene rings is 1. The van der Waals surface area contributed by atoms with Crippen molar-refractivity contribution in [3.8, 4) is 16.4 Å². The Bertz CT molecular complexity index is 1050. The summed E-state index contributed by atoms with van der Waals surface area (Å²) in [6, 6.07) is 10.1. The summed E-state index contributed by atoms with van der Waals surface area (Å²) in [4.78, 5) is 15.6. The van der Waals surface area contributed by atoms with E-state index in [1.54, 1.807) is 22.7 Å². The fourth-order valence-electron chi connectivity index (χ4n) is 2.71. The molecule has 25 heavy (non-hydrogen) atoms. The number of hydrogen-bond acceptors (Lipinski definition) is 5. The van der Waals surface area contributed by atoms with Gasteiger partial charge >= 0.3 is 5.97 Å². The third kappa shape index (κ3) is 3.08. The van der Waals surface area contributed by atoms with E-state index in [9.17, 15) is 4.79 Å². The van der Waals surface area contributed by atoms with Crippen LogP contribution in [0.5, 0.6) is 0 Å². The summed E-state index contributed by atoms with van der Waals surface area (Å²) < 4.78 is 2.96. The number of carboxylic acids is 1. The summed E-state index contributed by atoms with van der Waals surface area (Å²) in [7, 11) is 0. The third-order valence-electron chi connectivity index (χ3n) is 3.96. The molecule has 0 aliphatic carbocycles. The smallest absolute Gasteiger partial charge is 0.303 e. The topological polar surface area (TPSA) is 68.0 Å². The highest BCUT2D eigenvalue weighted by Crippen LogP contribution is 2.31. The highest BCUT2D eigenvalue weighted by atomic mass is 32.1. The Hall–Kier alpha value is -2.51. The molecule has 1 N–H and O–H groups in total. The number of thiazole rings is 1. The van der Waals surface area contributed by atoms with Gasteiger partial charge in [0, 0.05) is 17.4 Å². The van der Waals surface area contributed by atoms with Crippen LogP contribution >= 0.6 is 22.7 Å². The molecule has 0 aliphatic heterocycles. The normalized spacial score (nSPS) is 11.2. The fraction of sp³-hybridized carbons (Fsp3) is 0.167. The maximum atomic E-state index is 10.9. The summed E-state index contributed by atoms with van der Waals surface area (Å²) in [5, 5.41) is 18.5. The van der Waals surface area contributed by atoms with Crippen molar-refractivity contribution < 1.29 is 9.90 Å². The van der Waals surface area contributed by atoms with Gasteiger partial charge in [-0.1, -0.05) is 23.5 Å². The van der Waals surface area contributed by atoms with Gasteiger partial charge in [0.05, 0.1) is 28.0 Å². The predicted octanol–water partition coefficient (Wildman–Crippen LogP) is 4.54. The number of carboxylic acid groups (broad SMARTS) is 1. The molecule has 0 saturated heterocycles. The number of carbonyl (C=O) groups is 1. The summed E-state index contributed by atoms with van der Waals surface area (Å²) in [5.41, 5.74) is 4.89. The van der Waals surface area contributed by atoms with Crippen LogP contribution in [-0.2, 0) is 11.2 Å². The molecule has 0 amide bonds. The molecule has 0 fully saturated rings. The van der Waals surface area contributed by atoms with Crippen LogP contribution in [0.3, 0.4) is 0 Å². The molecule has 0 aliphatic rings. The third-order valence-corrected chi connectivity index (χ3v) is 5.64. The summed E-state index contributed by atoms with van der Waals surface area (Å²) in [5.74, 6) is -0.817. The van der Waals surface area contributed by atoms with E-state index in [0.29, 0.717) is 6.42 Å². The molecular formula is C18H15N3O2S2. The van der Waals surface area contributed by atoms with Gasteiger partial charge in [-0.3, -0.25) is 4.79 Å². The van der Waals surface area contributed by atoms with Crippen molar-refractivity contribution in [1.29, 1.82) is 0 Å². The van der Waals surface area contributed by atoms with Crippen LogP contribution < -0.4 is 0 Å². The number of para-hydroxylation sites is 1. The zero-order chi connectivity index (χ0) is 17.4. The highest BCUT2D eigenvalue weighted by molar-refractivity contribution is 7.20. The van der Waals surface area contributed by atoms with Crippen molar-refractivity contribution in [2.24, 2.45) is 0 Å². The van der Waals surface area contributed by atoms with Crippen molar-refractivity contribution in [1.82, 2.24) is 14.8 Å². The Kier molecular flexibility index (Phi) is 4.10. The van der Waals surface area contributed by atoms with Crippen molar-refractivity contribution in [3.05, 3.63) is 52.3 Å². The molecule has 5 nitrogen and oxygen atoms in total. The fourth-order valence-corrected chi connectivity index (χ4v) is 4.37. The van der Waals surface area contributed by atoms with Crippen LogP contribution in [0.25, 0.3) is 26.6 Å². The van der Waals surface area contributed by atoms with Gasteiger partial charge in [0.25, 0.3) is 0 Å². The zero-order valence-corrected chi connectivity index (χ0v) is 15.1. The molecule has 0 unspecified atom stereocenters. The minimum atomic E-state index is -0.817. The second-order valence-electron chi connectivity index (χ2n) is 5.76. The lowest BCUT2D eigenvalue weighted by atomic mass is 10.2. The molecule has 0 radical (unpaired) electrons. The van der Waals surface area contributed by atoms with Gasteiger partial charge in [-0.15, -0.1) is 0 Å². The van der Waals surface area contributed by atoms with Crippen molar-refractivity contribution in [2.75, 3.05) is 0 Å². The monoisotopic (exact) mass is 369 g/mol. The van der Waals surface area contributed by atoms with Gasteiger partial charge in [0.1, 0.15) is 0 Å². The molecule has 7 heteroatoms. The number of fused-ring (bicyclic) bond motifs is 1. The van der Waals surface area contributed by atoms with Crippen molar-refractivity contribution in [3.63, 3.8) is 0 Å². The van der Waals surface area contributed by atoms with Gasteiger partial charge < -0.3 is 5.11 Å². The molecule has 0 atom stereocenters. The largest absolute Gasteiger partial charge is 0.481 e. The SMILES string of the molecule is Cc1cccc2sc(-n3nc(CCC(=O)O)cc3-c3ccsc3)nc12.